The summed E-state index contributed by atoms with van der Waals surface area (Å²) in [7, 11) is -4.72. The van der Waals surface area contributed by atoms with Gasteiger partial charge in [0.05, 0.1) is 0 Å². The number of phosphoric acid groups is 1. The van der Waals surface area contributed by atoms with E-state index >= 15 is 0 Å². The fourth-order valence-electron chi connectivity index (χ4n) is 1.43. The molecule has 1 heterocycles. The van der Waals surface area contributed by atoms with Crippen LogP contribution in [0.4, 0.5) is 0 Å². The summed E-state index contributed by atoms with van der Waals surface area (Å²) in [5.74, 6) is -1.63. The minimum Gasteiger partial charge on any atom is -0.477 e. The first kappa shape index (κ1) is 13.3. The molecule has 3 N–H and O–H groups in total. The zero-order valence-electron chi connectivity index (χ0n) is 9.14. The van der Waals surface area contributed by atoms with Crippen molar-refractivity contribution in [3.63, 3.8) is 0 Å². The number of carbonyl (C=O) groups is 1. The summed E-state index contributed by atoms with van der Waals surface area (Å²) in [5, 5.41) is 9.03. The van der Waals surface area contributed by atoms with Crippen molar-refractivity contribution in [2.24, 2.45) is 0 Å². The lowest BCUT2D eigenvalue weighted by atomic mass is 10.2. The smallest absolute Gasteiger partial charge is 0.477 e. The fraction of sp³-hybridized carbons (Fsp3) is 0. The van der Waals surface area contributed by atoms with Crippen LogP contribution < -0.4 is 10.1 Å². The molecule has 0 radical (unpaired) electrons. The van der Waals surface area contributed by atoms with Crippen LogP contribution in [-0.4, -0.2) is 20.9 Å². The third-order valence-electron chi connectivity index (χ3n) is 2.16. The quantitative estimate of drug-likeness (QED) is 0.561. The Hall–Kier alpha value is -2.15. The van der Waals surface area contributed by atoms with Gasteiger partial charge < -0.3 is 14.0 Å². The van der Waals surface area contributed by atoms with Crippen LogP contribution in [0.25, 0.3) is 11.0 Å². The van der Waals surface area contributed by atoms with Crippen LogP contribution in [0, 0.1) is 0 Å². The molecule has 0 saturated heterocycles. The Balaban J connectivity index is 2.56. The van der Waals surface area contributed by atoms with E-state index in [1.54, 1.807) is 0 Å². The average molecular weight is 286 g/mol. The van der Waals surface area contributed by atoms with Crippen LogP contribution in [-0.2, 0) is 4.57 Å². The second kappa shape index (κ2) is 4.51. The molecule has 0 amide bonds. The molecular formula is C10H7O8P. The maximum atomic E-state index is 11.3. The molecular weight excluding hydrogens is 279 g/mol. The van der Waals surface area contributed by atoms with Gasteiger partial charge in [-0.1, -0.05) is 0 Å². The van der Waals surface area contributed by atoms with Crippen molar-refractivity contribution >= 4 is 24.8 Å². The van der Waals surface area contributed by atoms with Crippen LogP contribution in [0.15, 0.2) is 33.5 Å². The molecule has 100 valence electrons. The summed E-state index contributed by atoms with van der Waals surface area (Å²) in [4.78, 5) is 39.3. The molecule has 0 unspecified atom stereocenters. The standard InChI is InChI=1S/C10H7O8P/c11-9(12)7-3-5-1-2-6(18-19(14,15)16)4-8(5)17-10(7)13/h1-4H,(H,11,12)(H2,14,15,16). The number of rotatable bonds is 3. The predicted octanol–water partition coefficient (Wildman–Crippen LogP) is 0.963. The van der Waals surface area contributed by atoms with E-state index < -0.39 is 25.0 Å². The highest BCUT2D eigenvalue weighted by molar-refractivity contribution is 7.46. The largest absolute Gasteiger partial charge is 0.524 e. The van der Waals surface area contributed by atoms with E-state index in [0.29, 0.717) is 0 Å². The second-order valence-corrected chi connectivity index (χ2v) is 4.70. The van der Waals surface area contributed by atoms with Crippen molar-refractivity contribution < 1.29 is 33.2 Å². The SMILES string of the molecule is O=C(O)c1cc2ccc(OP(=O)(O)O)cc2oc1=O. The Morgan fingerprint density at radius 1 is 1.26 bits per heavy atom. The lowest BCUT2D eigenvalue weighted by molar-refractivity contribution is 0.0692. The Bertz CT molecular complexity index is 756. The summed E-state index contributed by atoms with van der Waals surface area (Å²) in [6.45, 7) is 0. The maximum absolute atomic E-state index is 11.3. The topological polar surface area (TPSA) is 134 Å². The van der Waals surface area contributed by atoms with E-state index in [2.05, 4.69) is 4.52 Å². The van der Waals surface area contributed by atoms with E-state index in [9.17, 15) is 14.2 Å². The first-order chi connectivity index (χ1) is 8.76. The van der Waals surface area contributed by atoms with Gasteiger partial charge in [0.15, 0.2) is 0 Å². The molecule has 19 heavy (non-hydrogen) atoms. The number of fused-ring (bicyclic) bond motifs is 1. The highest BCUT2D eigenvalue weighted by atomic mass is 31.2. The van der Waals surface area contributed by atoms with Gasteiger partial charge in [0.25, 0.3) is 0 Å². The van der Waals surface area contributed by atoms with Crippen molar-refractivity contribution in [2.75, 3.05) is 0 Å². The van der Waals surface area contributed by atoms with Crippen LogP contribution in [0.1, 0.15) is 10.4 Å². The molecule has 0 aliphatic rings. The molecule has 9 heteroatoms. The third-order valence-corrected chi connectivity index (χ3v) is 2.61. The number of phosphoric ester groups is 1. The number of hydrogen-bond donors (Lipinski definition) is 3. The Labute approximate surface area is 105 Å². The zero-order chi connectivity index (χ0) is 14.2. The number of carboxylic acid groups (broad SMARTS) is 1. The van der Waals surface area contributed by atoms with Gasteiger partial charge in [-0.2, -0.15) is 0 Å². The minimum atomic E-state index is -4.72. The summed E-state index contributed by atoms with van der Waals surface area (Å²) in [6.07, 6.45) is 0. The lowest BCUT2D eigenvalue weighted by Gasteiger charge is -2.07. The molecule has 2 aromatic rings. The van der Waals surface area contributed by atoms with Crippen molar-refractivity contribution in [2.45, 2.75) is 0 Å². The zero-order valence-corrected chi connectivity index (χ0v) is 10.0. The number of hydrogen-bond acceptors (Lipinski definition) is 5. The normalized spacial score (nSPS) is 11.5. The molecule has 0 fully saturated rings. The molecule has 0 aliphatic carbocycles. The third kappa shape index (κ3) is 3.00. The number of aromatic carboxylic acids is 1. The van der Waals surface area contributed by atoms with E-state index in [1.807, 2.05) is 0 Å². The van der Waals surface area contributed by atoms with Gasteiger partial charge in [-0.25, -0.2) is 14.2 Å². The van der Waals surface area contributed by atoms with Gasteiger partial charge in [0.2, 0.25) is 0 Å². The minimum absolute atomic E-state index is 0.0408. The number of benzene rings is 1. The van der Waals surface area contributed by atoms with Crippen LogP contribution in [0.2, 0.25) is 0 Å². The molecule has 0 atom stereocenters. The van der Waals surface area contributed by atoms with Crippen LogP contribution in [0.3, 0.4) is 0 Å². The first-order valence-corrected chi connectivity index (χ1v) is 6.36. The van der Waals surface area contributed by atoms with Gasteiger partial charge in [-0.15, -0.1) is 0 Å². The summed E-state index contributed by atoms with van der Waals surface area (Å²) >= 11 is 0. The van der Waals surface area contributed by atoms with E-state index in [0.717, 1.165) is 12.1 Å². The molecule has 0 spiro atoms. The molecule has 0 aliphatic heterocycles. The van der Waals surface area contributed by atoms with Crippen molar-refractivity contribution in [3.05, 3.63) is 40.2 Å². The summed E-state index contributed by atoms with van der Waals surface area (Å²) < 4.78 is 19.7. The van der Waals surface area contributed by atoms with Gasteiger partial charge in [-0.05, 0) is 18.2 Å². The average Bonchev–Trinajstić information content (AvgIpc) is 2.25. The fourth-order valence-corrected chi connectivity index (χ4v) is 1.82. The van der Waals surface area contributed by atoms with E-state index in [1.165, 1.54) is 12.1 Å². The molecule has 0 bridgehead atoms. The van der Waals surface area contributed by atoms with Crippen molar-refractivity contribution in [1.29, 1.82) is 0 Å². The highest BCUT2D eigenvalue weighted by Crippen LogP contribution is 2.38. The monoisotopic (exact) mass is 286 g/mol. The predicted molar refractivity (Wildman–Crippen MR) is 62.1 cm³/mol. The maximum Gasteiger partial charge on any atom is 0.524 e. The number of carboxylic acids is 1. The Kier molecular flexibility index (Phi) is 3.15. The van der Waals surface area contributed by atoms with E-state index in [-0.39, 0.29) is 16.7 Å². The molecule has 1 aromatic heterocycles. The first-order valence-electron chi connectivity index (χ1n) is 4.82. The highest BCUT2D eigenvalue weighted by Gasteiger charge is 2.17. The van der Waals surface area contributed by atoms with Gasteiger partial charge >= 0.3 is 19.4 Å². The molecule has 8 nitrogen and oxygen atoms in total. The molecule has 2 rings (SSSR count). The van der Waals surface area contributed by atoms with E-state index in [4.69, 9.17) is 19.3 Å². The van der Waals surface area contributed by atoms with Gasteiger partial charge in [-0.3, -0.25) is 9.79 Å². The summed E-state index contributed by atoms with van der Waals surface area (Å²) in [6, 6.07) is 4.72. The van der Waals surface area contributed by atoms with Crippen molar-refractivity contribution in [3.8, 4) is 5.75 Å². The van der Waals surface area contributed by atoms with Crippen LogP contribution >= 0.6 is 7.82 Å². The molecule has 1 aromatic carbocycles. The molecule has 0 saturated carbocycles. The van der Waals surface area contributed by atoms with Crippen molar-refractivity contribution in [1.82, 2.24) is 0 Å². The van der Waals surface area contributed by atoms with Crippen LogP contribution in [0.5, 0.6) is 5.75 Å². The Morgan fingerprint density at radius 2 is 1.95 bits per heavy atom. The Morgan fingerprint density at radius 3 is 2.53 bits per heavy atom. The van der Waals surface area contributed by atoms with Gasteiger partial charge in [0.1, 0.15) is 16.9 Å². The summed E-state index contributed by atoms with van der Waals surface area (Å²) in [5.41, 5.74) is -1.63. The lowest BCUT2D eigenvalue weighted by Crippen LogP contribution is -2.12. The second-order valence-electron chi connectivity index (χ2n) is 3.53. The van der Waals surface area contributed by atoms with Gasteiger partial charge in [0, 0.05) is 11.5 Å².